The molecular formula is C16H28N2O. The number of phenols is 1. The van der Waals surface area contributed by atoms with Crippen LogP contribution in [0.4, 0.5) is 0 Å². The Balaban J connectivity index is 2.63. The maximum absolute atomic E-state index is 9.94. The second kappa shape index (κ2) is 7.51. The number of benzene rings is 1. The number of aromatic hydroxyl groups is 1. The summed E-state index contributed by atoms with van der Waals surface area (Å²) in [5, 5.41) is 13.5. The summed E-state index contributed by atoms with van der Waals surface area (Å²) < 4.78 is 0. The minimum Gasteiger partial charge on any atom is -0.508 e. The van der Waals surface area contributed by atoms with E-state index in [1.54, 1.807) is 6.07 Å². The molecule has 0 spiro atoms. The number of nitrogens with zero attached hydrogens (tertiary/aromatic N) is 1. The highest BCUT2D eigenvalue weighted by molar-refractivity contribution is 5.37. The molecule has 1 rings (SSSR count). The topological polar surface area (TPSA) is 35.5 Å². The van der Waals surface area contributed by atoms with Gasteiger partial charge in [-0.1, -0.05) is 31.5 Å². The molecule has 1 aromatic rings. The van der Waals surface area contributed by atoms with E-state index < -0.39 is 0 Å². The summed E-state index contributed by atoms with van der Waals surface area (Å²) in [7, 11) is 0. The molecule has 0 saturated carbocycles. The molecule has 0 bridgehead atoms. The average molecular weight is 264 g/mol. The SMILES string of the molecule is CCN(CC)CC(C)NC(C)c1cc(C)ccc1O. The molecule has 19 heavy (non-hydrogen) atoms. The van der Waals surface area contributed by atoms with Gasteiger partial charge in [0.2, 0.25) is 0 Å². The van der Waals surface area contributed by atoms with Crippen LogP contribution in [0.15, 0.2) is 18.2 Å². The maximum Gasteiger partial charge on any atom is 0.120 e. The van der Waals surface area contributed by atoms with Gasteiger partial charge in [-0.15, -0.1) is 0 Å². The van der Waals surface area contributed by atoms with Crippen molar-refractivity contribution >= 4 is 0 Å². The fraction of sp³-hybridized carbons (Fsp3) is 0.625. The van der Waals surface area contributed by atoms with Gasteiger partial charge in [0.05, 0.1) is 0 Å². The fourth-order valence-electron chi connectivity index (χ4n) is 2.46. The Morgan fingerprint density at radius 1 is 1.21 bits per heavy atom. The van der Waals surface area contributed by atoms with E-state index in [0.717, 1.165) is 25.2 Å². The molecule has 0 aliphatic rings. The second-order valence-electron chi connectivity index (χ2n) is 5.34. The standard InChI is InChI=1S/C16H28N2O/c1-6-18(7-2)11-13(4)17-14(5)15-10-12(3)8-9-16(15)19/h8-10,13-14,17,19H,6-7,11H2,1-5H3. The van der Waals surface area contributed by atoms with Gasteiger partial charge in [0.15, 0.2) is 0 Å². The molecule has 0 radical (unpaired) electrons. The van der Waals surface area contributed by atoms with Crippen molar-refractivity contribution < 1.29 is 5.11 Å². The van der Waals surface area contributed by atoms with Gasteiger partial charge in [0.1, 0.15) is 5.75 Å². The zero-order chi connectivity index (χ0) is 14.4. The van der Waals surface area contributed by atoms with Gasteiger partial charge in [-0.2, -0.15) is 0 Å². The van der Waals surface area contributed by atoms with Crippen LogP contribution in [0.1, 0.15) is 44.9 Å². The first-order valence-corrected chi connectivity index (χ1v) is 7.25. The van der Waals surface area contributed by atoms with Crippen molar-refractivity contribution in [2.45, 2.75) is 46.7 Å². The molecule has 108 valence electrons. The van der Waals surface area contributed by atoms with Crippen LogP contribution in [-0.4, -0.2) is 35.7 Å². The summed E-state index contributed by atoms with van der Waals surface area (Å²) in [6.45, 7) is 13.9. The number of rotatable bonds is 7. The Kier molecular flexibility index (Phi) is 6.32. The Hall–Kier alpha value is -1.06. The first-order valence-electron chi connectivity index (χ1n) is 7.25. The fourth-order valence-corrected chi connectivity index (χ4v) is 2.46. The predicted molar refractivity (Wildman–Crippen MR) is 81.6 cm³/mol. The average Bonchev–Trinajstić information content (AvgIpc) is 2.38. The third-order valence-corrected chi connectivity index (χ3v) is 3.61. The summed E-state index contributed by atoms with van der Waals surface area (Å²) in [5.74, 6) is 0.376. The van der Waals surface area contributed by atoms with Crippen molar-refractivity contribution in [3.05, 3.63) is 29.3 Å². The van der Waals surface area contributed by atoms with Crippen LogP contribution in [0.2, 0.25) is 0 Å². The normalized spacial score (nSPS) is 14.6. The molecule has 2 unspecified atom stereocenters. The summed E-state index contributed by atoms with van der Waals surface area (Å²) in [6.07, 6.45) is 0. The van der Waals surface area contributed by atoms with E-state index in [4.69, 9.17) is 0 Å². The monoisotopic (exact) mass is 264 g/mol. The lowest BCUT2D eigenvalue weighted by Crippen LogP contribution is -2.40. The number of aryl methyl sites for hydroxylation is 1. The number of hydrogen-bond acceptors (Lipinski definition) is 3. The molecule has 0 aliphatic carbocycles. The molecule has 0 saturated heterocycles. The Bertz CT molecular complexity index is 388. The van der Waals surface area contributed by atoms with E-state index in [0.29, 0.717) is 11.8 Å². The van der Waals surface area contributed by atoms with E-state index in [1.165, 1.54) is 5.56 Å². The van der Waals surface area contributed by atoms with Crippen molar-refractivity contribution in [3.63, 3.8) is 0 Å². The third kappa shape index (κ3) is 4.84. The van der Waals surface area contributed by atoms with Crippen molar-refractivity contribution in [1.29, 1.82) is 0 Å². The number of phenolic OH excluding ortho intramolecular Hbond substituents is 1. The van der Waals surface area contributed by atoms with Crippen LogP contribution in [0, 0.1) is 6.92 Å². The first-order chi connectivity index (χ1) is 8.97. The summed E-state index contributed by atoms with van der Waals surface area (Å²) in [6, 6.07) is 6.32. The van der Waals surface area contributed by atoms with Crippen molar-refractivity contribution in [2.24, 2.45) is 0 Å². The molecule has 0 aromatic heterocycles. The highest BCUT2D eigenvalue weighted by Crippen LogP contribution is 2.25. The molecule has 0 aliphatic heterocycles. The van der Waals surface area contributed by atoms with Crippen molar-refractivity contribution in [1.82, 2.24) is 10.2 Å². The zero-order valence-corrected chi connectivity index (χ0v) is 12.9. The van der Waals surface area contributed by atoms with Crippen LogP contribution in [0.25, 0.3) is 0 Å². The molecular weight excluding hydrogens is 236 g/mol. The molecule has 0 heterocycles. The smallest absolute Gasteiger partial charge is 0.120 e. The first kappa shape index (κ1) is 16.0. The largest absolute Gasteiger partial charge is 0.508 e. The Labute approximate surface area is 117 Å². The van der Waals surface area contributed by atoms with E-state index >= 15 is 0 Å². The van der Waals surface area contributed by atoms with E-state index in [9.17, 15) is 5.11 Å². The summed E-state index contributed by atoms with van der Waals surface area (Å²) in [5.41, 5.74) is 2.16. The van der Waals surface area contributed by atoms with Crippen LogP contribution in [0.3, 0.4) is 0 Å². The highest BCUT2D eigenvalue weighted by atomic mass is 16.3. The lowest BCUT2D eigenvalue weighted by Gasteiger charge is -2.26. The molecule has 3 nitrogen and oxygen atoms in total. The van der Waals surface area contributed by atoms with Gasteiger partial charge in [0.25, 0.3) is 0 Å². The minimum absolute atomic E-state index is 0.158. The van der Waals surface area contributed by atoms with Crippen LogP contribution >= 0.6 is 0 Å². The molecule has 3 heteroatoms. The number of nitrogens with one attached hydrogen (secondary N) is 1. The molecule has 0 fully saturated rings. The molecule has 2 N–H and O–H groups in total. The molecule has 0 amide bonds. The van der Waals surface area contributed by atoms with Crippen LogP contribution in [-0.2, 0) is 0 Å². The van der Waals surface area contributed by atoms with Crippen LogP contribution < -0.4 is 5.32 Å². The lowest BCUT2D eigenvalue weighted by atomic mass is 10.0. The van der Waals surface area contributed by atoms with Gasteiger partial charge in [0, 0.05) is 24.2 Å². The lowest BCUT2D eigenvalue weighted by molar-refractivity contribution is 0.263. The Morgan fingerprint density at radius 3 is 2.42 bits per heavy atom. The van der Waals surface area contributed by atoms with Crippen LogP contribution in [0.5, 0.6) is 5.75 Å². The summed E-state index contributed by atoms with van der Waals surface area (Å²) >= 11 is 0. The Morgan fingerprint density at radius 2 is 1.84 bits per heavy atom. The molecule has 1 aromatic carbocycles. The number of hydrogen-bond donors (Lipinski definition) is 2. The third-order valence-electron chi connectivity index (χ3n) is 3.61. The summed E-state index contributed by atoms with van der Waals surface area (Å²) in [4.78, 5) is 2.40. The molecule has 2 atom stereocenters. The maximum atomic E-state index is 9.94. The van der Waals surface area contributed by atoms with Gasteiger partial charge < -0.3 is 15.3 Å². The zero-order valence-electron chi connectivity index (χ0n) is 12.9. The van der Waals surface area contributed by atoms with Crippen molar-refractivity contribution in [3.8, 4) is 5.75 Å². The van der Waals surface area contributed by atoms with E-state index in [1.807, 2.05) is 6.07 Å². The van der Waals surface area contributed by atoms with E-state index in [2.05, 4.69) is 50.9 Å². The van der Waals surface area contributed by atoms with Gasteiger partial charge in [-0.25, -0.2) is 0 Å². The highest BCUT2D eigenvalue weighted by Gasteiger charge is 2.14. The second-order valence-corrected chi connectivity index (χ2v) is 5.34. The van der Waals surface area contributed by atoms with Gasteiger partial charge >= 0.3 is 0 Å². The van der Waals surface area contributed by atoms with Gasteiger partial charge in [-0.05, 0) is 39.9 Å². The quantitative estimate of drug-likeness (QED) is 0.794. The number of likely N-dealkylation sites (N-methyl/N-ethyl adjacent to an activating group) is 1. The predicted octanol–water partition coefficient (Wildman–Crippen LogP) is 3.08. The minimum atomic E-state index is 0.158. The van der Waals surface area contributed by atoms with Crippen molar-refractivity contribution in [2.75, 3.05) is 19.6 Å². The van der Waals surface area contributed by atoms with Gasteiger partial charge in [-0.3, -0.25) is 0 Å². The van der Waals surface area contributed by atoms with E-state index in [-0.39, 0.29) is 6.04 Å².